The third-order valence-corrected chi connectivity index (χ3v) is 2.66. The van der Waals surface area contributed by atoms with E-state index in [0.29, 0.717) is 17.4 Å². The van der Waals surface area contributed by atoms with Gasteiger partial charge in [-0.15, -0.1) is 0 Å². The molecule has 0 saturated carbocycles. The summed E-state index contributed by atoms with van der Waals surface area (Å²) in [4.78, 5) is 0. The van der Waals surface area contributed by atoms with Crippen LogP contribution in [0.3, 0.4) is 0 Å². The molecule has 1 aromatic carbocycles. The normalized spacial score (nSPS) is 10.1. The number of nitrogens with two attached hydrogens (primary N) is 2. The Labute approximate surface area is 102 Å². The Kier molecular flexibility index (Phi) is 2.96. The van der Waals surface area contributed by atoms with Gasteiger partial charge in [-0.2, -0.15) is 0 Å². The summed E-state index contributed by atoms with van der Waals surface area (Å²) in [7, 11) is 0. The summed E-state index contributed by atoms with van der Waals surface area (Å²) in [5.74, 6) is 7.36. The Morgan fingerprint density at radius 2 is 1.75 bits per heavy atom. The Hall–Kier alpha value is -1.75. The van der Waals surface area contributed by atoms with E-state index in [9.17, 15) is 0 Å². The number of rotatable bonds is 2. The fourth-order valence-corrected chi connectivity index (χ4v) is 1.64. The van der Waals surface area contributed by atoms with Crippen molar-refractivity contribution in [3.63, 3.8) is 0 Å². The molecule has 0 aliphatic carbocycles. The van der Waals surface area contributed by atoms with E-state index in [2.05, 4.69) is 15.9 Å². The van der Waals surface area contributed by atoms with Crippen LogP contribution in [0.5, 0.6) is 11.6 Å². The number of hydrogen-bond acceptors (Lipinski definition) is 3. The highest BCUT2D eigenvalue weighted by Gasteiger charge is 2.14. The van der Waals surface area contributed by atoms with Crippen molar-refractivity contribution in [3.05, 3.63) is 46.9 Å². The minimum Gasteiger partial charge on any atom is -0.421 e. The Morgan fingerprint density at radius 1 is 1.06 bits per heavy atom. The van der Waals surface area contributed by atoms with Gasteiger partial charge in [-0.3, -0.25) is 11.6 Å². The molecule has 0 aliphatic heterocycles. The lowest BCUT2D eigenvalue weighted by Crippen LogP contribution is -2.48. The molecule has 0 saturated heterocycles. The molecule has 1 heterocycles. The smallest absolute Gasteiger partial charge is 0.328 e. The molecule has 0 bridgehead atoms. The van der Waals surface area contributed by atoms with E-state index < -0.39 is 0 Å². The zero-order valence-electron chi connectivity index (χ0n) is 8.43. The van der Waals surface area contributed by atoms with Gasteiger partial charge >= 0.3 is 5.88 Å². The van der Waals surface area contributed by atoms with Gasteiger partial charge in [-0.05, 0) is 34.1 Å². The van der Waals surface area contributed by atoms with Crippen LogP contribution in [0, 0.1) is 0 Å². The van der Waals surface area contributed by atoms with Gasteiger partial charge in [0.2, 0.25) is 0 Å². The summed E-state index contributed by atoms with van der Waals surface area (Å²) in [6.07, 6.45) is 0. The van der Waals surface area contributed by atoms with Gasteiger partial charge in [0, 0.05) is 6.07 Å². The zero-order valence-corrected chi connectivity index (χ0v) is 10.0. The SMILES string of the molecule is Nc1ccc(Br)c(Oc2ccccc2)[n+]1N. The third-order valence-electron chi connectivity index (χ3n) is 2.06. The van der Waals surface area contributed by atoms with Crippen LogP contribution in [-0.2, 0) is 0 Å². The van der Waals surface area contributed by atoms with E-state index in [1.165, 1.54) is 4.68 Å². The number of aromatic nitrogens is 1. The van der Waals surface area contributed by atoms with Gasteiger partial charge in [-0.1, -0.05) is 22.9 Å². The Bertz CT molecular complexity index is 502. The van der Waals surface area contributed by atoms with Gasteiger partial charge < -0.3 is 4.74 Å². The van der Waals surface area contributed by atoms with Crippen molar-refractivity contribution < 1.29 is 9.41 Å². The lowest BCUT2D eigenvalue weighted by molar-refractivity contribution is -0.629. The highest BCUT2D eigenvalue weighted by atomic mass is 79.9. The molecular formula is C11H11BrN3O+. The average molecular weight is 281 g/mol. The van der Waals surface area contributed by atoms with Gasteiger partial charge in [0.05, 0.1) is 0 Å². The summed E-state index contributed by atoms with van der Waals surface area (Å²) in [6.45, 7) is 0. The minimum atomic E-state index is 0.425. The molecule has 16 heavy (non-hydrogen) atoms. The van der Waals surface area contributed by atoms with E-state index in [1.807, 2.05) is 30.3 Å². The van der Waals surface area contributed by atoms with E-state index >= 15 is 0 Å². The van der Waals surface area contributed by atoms with Crippen molar-refractivity contribution in [2.24, 2.45) is 0 Å². The highest BCUT2D eigenvalue weighted by molar-refractivity contribution is 9.10. The first-order valence-electron chi connectivity index (χ1n) is 4.66. The number of anilines is 1. The maximum Gasteiger partial charge on any atom is 0.328 e. The molecule has 4 N–H and O–H groups in total. The number of pyridine rings is 1. The maximum absolute atomic E-state index is 5.77. The summed E-state index contributed by atoms with van der Waals surface area (Å²) in [6, 6.07) is 12.9. The largest absolute Gasteiger partial charge is 0.421 e. The van der Waals surface area contributed by atoms with Gasteiger partial charge in [0.15, 0.2) is 0 Å². The van der Waals surface area contributed by atoms with Crippen LogP contribution in [0.2, 0.25) is 0 Å². The molecular weight excluding hydrogens is 270 g/mol. The molecule has 82 valence electrons. The second kappa shape index (κ2) is 4.40. The van der Waals surface area contributed by atoms with Crippen LogP contribution in [0.1, 0.15) is 0 Å². The van der Waals surface area contributed by atoms with E-state index in [-0.39, 0.29) is 0 Å². The summed E-state index contributed by atoms with van der Waals surface area (Å²) < 4.78 is 7.66. The number of ether oxygens (including phenoxy) is 1. The summed E-state index contributed by atoms with van der Waals surface area (Å²) in [5, 5.41) is 0. The molecule has 0 fully saturated rings. The monoisotopic (exact) mass is 280 g/mol. The first-order valence-corrected chi connectivity index (χ1v) is 5.46. The lowest BCUT2D eigenvalue weighted by atomic mass is 10.3. The Morgan fingerprint density at radius 3 is 2.44 bits per heavy atom. The molecule has 0 unspecified atom stereocenters. The van der Waals surface area contributed by atoms with Crippen molar-refractivity contribution in [2.45, 2.75) is 0 Å². The maximum atomic E-state index is 5.77. The molecule has 0 amide bonds. The van der Waals surface area contributed by atoms with Gasteiger partial charge in [0.25, 0.3) is 5.82 Å². The summed E-state index contributed by atoms with van der Waals surface area (Å²) in [5.41, 5.74) is 5.68. The minimum absolute atomic E-state index is 0.425. The van der Waals surface area contributed by atoms with Crippen LogP contribution in [0.4, 0.5) is 5.82 Å². The van der Waals surface area contributed by atoms with Crippen LogP contribution < -0.4 is 21.0 Å². The molecule has 0 spiro atoms. The highest BCUT2D eigenvalue weighted by Crippen LogP contribution is 2.25. The van der Waals surface area contributed by atoms with Gasteiger partial charge in [-0.25, -0.2) is 0 Å². The first kappa shape index (κ1) is 10.8. The number of para-hydroxylation sites is 1. The predicted octanol–water partition coefficient (Wildman–Crippen LogP) is 1.82. The lowest BCUT2D eigenvalue weighted by Gasteiger charge is -2.07. The third kappa shape index (κ3) is 2.09. The van der Waals surface area contributed by atoms with Gasteiger partial charge in [0.1, 0.15) is 10.2 Å². The number of nitrogens with zero attached hydrogens (tertiary/aromatic N) is 1. The van der Waals surface area contributed by atoms with Crippen molar-refractivity contribution >= 4 is 21.7 Å². The van der Waals surface area contributed by atoms with Crippen molar-refractivity contribution in [2.75, 3.05) is 11.6 Å². The first-order chi connectivity index (χ1) is 7.68. The van der Waals surface area contributed by atoms with E-state index in [4.69, 9.17) is 16.3 Å². The number of benzene rings is 1. The molecule has 0 atom stereocenters. The Balaban J connectivity index is 2.38. The van der Waals surface area contributed by atoms with Crippen molar-refractivity contribution in [3.8, 4) is 11.6 Å². The topological polar surface area (TPSA) is 65.2 Å². The molecule has 4 nitrogen and oxygen atoms in total. The molecule has 2 aromatic rings. The van der Waals surface area contributed by atoms with Crippen molar-refractivity contribution in [1.82, 2.24) is 0 Å². The van der Waals surface area contributed by atoms with Crippen molar-refractivity contribution in [1.29, 1.82) is 0 Å². The van der Waals surface area contributed by atoms with Crippen LogP contribution in [-0.4, -0.2) is 0 Å². The second-order valence-electron chi connectivity index (χ2n) is 3.20. The summed E-state index contributed by atoms with van der Waals surface area (Å²) >= 11 is 3.36. The standard InChI is InChI=1S/C11H10BrN3O/c12-9-6-7-10(13)15(14)11(9)16-8-4-2-1-3-5-8/h1-7,13H,14H2/p+1. The molecule has 2 rings (SSSR count). The second-order valence-corrected chi connectivity index (χ2v) is 4.05. The fourth-order valence-electron chi connectivity index (χ4n) is 1.24. The number of halogens is 1. The zero-order chi connectivity index (χ0) is 11.5. The molecule has 1 aromatic heterocycles. The number of hydrogen-bond donors (Lipinski definition) is 2. The van der Waals surface area contributed by atoms with E-state index in [1.54, 1.807) is 12.1 Å². The van der Waals surface area contributed by atoms with Crippen LogP contribution >= 0.6 is 15.9 Å². The predicted molar refractivity (Wildman–Crippen MR) is 65.4 cm³/mol. The molecule has 5 heteroatoms. The number of nitrogen functional groups attached to an aromatic ring is 2. The van der Waals surface area contributed by atoms with Crippen LogP contribution in [0.25, 0.3) is 0 Å². The van der Waals surface area contributed by atoms with E-state index in [0.717, 1.165) is 4.47 Å². The quantitative estimate of drug-likeness (QED) is 0.652. The average Bonchev–Trinajstić information content (AvgIpc) is 2.31. The fraction of sp³-hybridized carbons (Fsp3) is 0. The molecule has 0 radical (unpaired) electrons. The van der Waals surface area contributed by atoms with Crippen LogP contribution in [0.15, 0.2) is 46.9 Å². The molecule has 0 aliphatic rings.